The number of halogens is 1. The van der Waals surface area contributed by atoms with E-state index in [1.54, 1.807) is 6.20 Å². The molecule has 2 aromatic rings. The highest BCUT2D eigenvalue weighted by molar-refractivity contribution is 6.31. The van der Waals surface area contributed by atoms with Crippen LogP contribution in [0.4, 0.5) is 0 Å². The van der Waals surface area contributed by atoms with Gasteiger partial charge in [0.15, 0.2) is 5.96 Å². The molecular weight excluding hydrogens is 360 g/mol. The van der Waals surface area contributed by atoms with E-state index >= 15 is 0 Å². The molecule has 0 aliphatic rings. The van der Waals surface area contributed by atoms with Crippen molar-refractivity contribution >= 4 is 17.6 Å². The first-order chi connectivity index (χ1) is 13.2. The zero-order chi connectivity index (χ0) is 19.5. The lowest BCUT2D eigenvalue weighted by Crippen LogP contribution is -2.40. The van der Waals surface area contributed by atoms with Gasteiger partial charge in [0, 0.05) is 37.1 Å². The molecule has 1 unspecified atom stereocenters. The van der Waals surface area contributed by atoms with Crippen molar-refractivity contribution in [1.82, 2.24) is 25.1 Å². The maximum absolute atomic E-state index is 6.48. The fourth-order valence-corrected chi connectivity index (χ4v) is 3.32. The Hall–Kier alpha value is -2.05. The Morgan fingerprint density at radius 3 is 2.63 bits per heavy atom. The van der Waals surface area contributed by atoms with E-state index in [0.717, 1.165) is 49.3 Å². The number of aromatic nitrogens is 2. The molecule has 1 aromatic heterocycles. The lowest BCUT2D eigenvalue weighted by Gasteiger charge is -2.29. The number of hydrogen-bond donors (Lipinski definition) is 2. The molecule has 0 saturated carbocycles. The summed E-state index contributed by atoms with van der Waals surface area (Å²) in [7, 11) is 0. The smallest absolute Gasteiger partial charge is 0.191 e. The minimum Gasteiger partial charge on any atom is -0.357 e. The molecule has 6 nitrogen and oxygen atoms in total. The third-order valence-corrected chi connectivity index (χ3v) is 4.85. The summed E-state index contributed by atoms with van der Waals surface area (Å²) in [4.78, 5) is 11.3. The van der Waals surface area contributed by atoms with Crippen molar-refractivity contribution in [1.29, 1.82) is 0 Å². The van der Waals surface area contributed by atoms with Crippen molar-refractivity contribution in [3.63, 3.8) is 0 Å². The van der Waals surface area contributed by atoms with Crippen LogP contribution >= 0.6 is 11.6 Å². The number of likely N-dealkylation sites (N-methyl/N-ethyl adjacent to an activating group) is 1. The Morgan fingerprint density at radius 1 is 1.22 bits per heavy atom. The Kier molecular flexibility index (Phi) is 9.15. The van der Waals surface area contributed by atoms with E-state index in [1.165, 1.54) is 0 Å². The van der Waals surface area contributed by atoms with Crippen LogP contribution in [0.1, 0.15) is 32.4 Å². The highest BCUT2D eigenvalue weighted by atomic mass is 35.5. The van der Waals surface area contributed by atoms with Crippen LogP contribution in [0.5, 0.6) is 0 Å². The summed E-state index contributed by atoms with van der Waals surface area (Å²) < 4.78 is 2.04. The van der Waals surface area contributed by atoms with Crippen molar-refractivity contribution in [3.8, 4) is 0 Å². The molecule has 0 aliphatic carbocycles. The third-order valence-electron chi connectivity index (χ3n) is 4.51. The maximum Gasteiger partial charge on any atom is 0.191 e. The highest BCUT2D eigenvalue weighted by Crippen LogP contribution is 2.27. The monoisotopic (exact) mass is 390 g/mol. The van der Waals surface area contributed by atoms with E-state index in [-0.39, 0.29) is 6.04 Å². The summed E-state index contributed by atoms with van der Waals surface area (Å²) in [6.07, 6.45) is 5.57. The number of imidazole rings is 1. The normalized spacial score (nSPS) is 13.0. The van der Waals surface area contributed by atoms with Gasteiger partial charge in [-0.1, -0.05) is 43.6 Å². The van der Waals surface area contributed by atoms with Gasteiger partial charge in [-0.25, -0.2) is 4.98 Å². The number of guanidine groups is 1. The van der Waals surface area contributed by atoms with Gasteiger partial charge in [-0.2, -0.15) is 0 Å². The Bertz CT molecular complexity index is 682. The van der Waals surface area contributed by atoms with Crippen molar-refractivity contribution < 1.29 is 0 Å². The summed E-state index contributed by atoms with van der Waals surface area (Å²) in [6, 6.07) is 8.20. The van der Waals surface area contributed by atoms with Gasteiger partial charge in [0.1, 0.15) is 0 Å². The van der Waals surface area contributed by atoms with E-state index in [4.69, 9.17) is 16.6 Å². The van der Waals surface area contributed by atoms with Gasteiger partial charge in [0.05, 0.1) is 18.9 Å². The maximum atomic E-state index is 6.48. The second-order valence-electron chi connectivity index (χ2n) is 6.21. The van der Waals surface area contributed by atoms with E-state index in [0.29, 0.717) is 6.54 Å². The molecule has 0 radical (unpaired) electrons. The minimum absolute atomic E-state index is 0.151. The van der Waals surface area contributed by atoms with E-state index in [9.17, 15) is 0 Å². The lowest BCUT2D eigenvalue weighted by atomic mass is 10.1. The van der Waals surface area contributed by atoms with Crippen LogP contribution in [0, 0.1) is 0 Å². The predicted octanol–water partition coefficient (Wildman–Crippen LogP) is 3.17. The predicted molar refractivity (Wildman–Crippen MR) is 113 cm³/mol. The fraction of sp³-hybridized carbons (Fsp3) is 0.500. The van der Waals surface area contributed by atoms with Gasteiger partial charge in [0.25, 0.3) is 0 Å². The molecule has 7 heteroatoms. The first kappa shape index (κ1) is 21.3. The molecule has 0 saturated heterocycles. The molecule has 0 spiro atoms. The summed E-state index contributed by atoms with van der Waals surface area (Å²) in [5.74, 6) is 0.821. The van der Waals surface area contributed by atoms with Gasteiger partial charge < -0.3 is 15.2 Å². The molecule has 0 amide bonds. The highest BCUT2D eigenvalue weighted by Gasteiger charge is 2.20. The van der Waals surface area contributed by atoms with Crippen LogP contribution in [-0.2, 0) is 6.54 Å². The van der Waals surface area contributed by atoms with Gasteiger partial charge in [-0.3, -0.25) is 9.89 Å². The molecular formula is C20H31ClN6. The quantitative estimate of drug-likeness (QED) is 0.483. The van der Waals surface area contributed by atoms with Gasteiger partial charge >= 0.3 is 0 Å². The summed E-state index contributed by atoms with van der Waals surface area (Å²) >= 11 is 6.48. The Labute approximate surface area is 167 Å². The number of rotatable bonds is 10. The fourth-order valence-electron chi connectivity index (χ4n) is 3.06. The standard InChI is InChI=1S/C20H31ClN6/c1-4-23-20(24-12-14-26-13-11-22-16-26)25-15-19(27(5-2)6-3)17-9-7-8-10-18(17)21/h7-11,13,16,19H,4-6,12,14-15H2,1-3H3,(H2,23,24,25). The molecule has 148 valence electrons. The lowest BCUT2D eigenvalue weighted by molar-refractivity contribution is 0.224. The topological polar surface area (TPSA) is 57.5 Å². The van der Waals surface area contributed by atoms with Crippen molar-refractivity contribution in [2.45, 2.75) is 33.4 Å². The largest absolute Gasteiger partial charge is 0.357 e. The average Bonchev–Trinajstić information content (AvgIpc) is 3.19. The number of nitrogens with zero attached hydrogens (tertiary/aromatic N) is 4. The van der Waals surface area contributed by atoms with Crippen LogP contribution in [0.3, 0.4) is 0 Å². The first-order valence-corrected chi connectivity index (χ1v) is 10.0. The Balaban J connectivity index is 2.08. The summed E-state index contributed by atoms with van der Waals surface area (Å²) in [6.45, 7) is 11.4. The number of hydrogen-bond acceptors (Lipinski definition) is 3. The molecule has 0 aliphatic heterocycles. The van der Waals surface area contributed by atoms with Crippen LogP contribution in [-0.4, -0.2) is 53.1 Å². The van der Waals surface area contributed by atoms with Crippen LogP contribution in [0.2, 0.25) is 5.02 Å². The van der Waals surface area contributed by atoms with Crippen molar-refractivity contribution in [2.75, 3.05) is 32.7 Å². The van der Waals surface area contributed by atoms with Gasteiger partial charge in [-0.15, -0.1) is 0 Å². The molecule has 1 aromatic carbocycles. The number of aliphatic imine (C=N–C) groups is 1. The van der Waals surface area contributed by atoms with E-state index in [2.05, 4.69) is 47.4 Å². The molecule has 0 bridgehead atoms. The van der Waals surface area contributed by atoms with Gasteiger partial charge in [0.2, 0.25) is 0 Å². The summed E-state index contributed by atoms with van der Waals surface area (Å²) in [5, 5.41) is 7.51. The zero-order valence-electron chi connectivity index (χ0n) is 16.5. The average molecular weight is 391 g/mol. The van der Waals surface area contributed by atoms with Crippen LogP contribution in [0.15, 0.2) is 48.0 Å². The van der Waals surface area contributed by atoms with Crippen LogP contribution in [0.25, 0.3) is 0 Å². The molecule has 1 atom stereocenters. The molecule has 0 fully saturated rings. The molecule has 2 rings (SSSR count). The van der Waals surface area contributed by atoms with Gasteiger partial charge in [-0.05, 0) is 31.6 Å². The minimum atomic E-state index is 0.151. The number of benzene rings is 1. The molecule has 1 heterocycles. The van der Waals surface area contributed by atoms with Crippen molar-refractivity contribution in [2.24, 2.45) is 4.99 Å². The first-order valence-electron chi connectivity index (χ1n) is 9.65. The van der Waals surface area contributed by atoms with Crippen molar-refractivity contribution in [3.05, 3.63) is 53.6 Å². The van der Waals surface area contributed by atoms with E-state index < -0.39 is 0 Å². The third kappa shape index (κ3) is 6.56. The second-order valence-corrected chi connectivity index (χ2v) is 6.61. The number of nitrogens with one attached hydrogen (secondary N) is 2. The molecule has 2 N–H and O–H groups in total. The van der Waals surface area contributed by atoms with Crippen LogP contribution < -0.4 is 10.6 Å². The SMILES string of the molecule is CCNC(=NCC(c1ccccc1Cl)N(CC)CC)NCCn1ccnc1. The zero-order valence-corrected chi connectivity index (χ0v) is 17.3. The Morgan fingerprint density at radius 2 is 2.00 bits per heavy atom. The molecule has 27 heavy (non-hydrogen) atoms. The van der Waals surface area contributed by atoms with E-state index in [1.807, 2.05) is 35.3 Å². The second kappa shape index (κ2) is 11.6. The summed E-state index contributed by atoms with van der Waals surface area (Å²) in [5.41, 5.74) is 1.13.